The monoisotopic (exact) mass is 247 g/mol. The van der Waals surface area contributed by atoms with Gasteiger partial charge in [-0.05, 0) is 23.5 Å². The Hall–Kier alpha value is -0.220. The molecule has 0 aliphatic rings. The highest BCUT2D eigenvalue weighted by atomic mass is 32.2. The van der Waals surface area contributed by atoms with Crippen LogP contribution in [0.15, 0.2) is 0 Å². The predicted octanol–water partition coefficient (Wildman–Crippen LogP) is 1.94. The Morgan fingerprint density at radius 1 is 1.38 bits per heavy atom. The molecule has 0 aromatic carbocycles. The quantitative estimate of drug-likeness (QED) is 0.729. The molecular weight excluding hydrogens is 222 g/mol. The van der Waals surface area contributed by atoms with Gasteiger partial charge in [0, 0.05) is 12.0 Å². The van der Waals surface area contributed by atoms with E-state index in [1.807, 2.05) is 20.8 Å². The number of amides is 1. The van der Waals surface area contributed by atoms with E-state index in [-0.39, 0.29) is 17.1 Å². The largest absolute Gasteiger partial charge is 0.616 e. The van der Waals surface area contributed by atoms with E-state index in [0.717, 1.165) is 6.42 Å². The van der Waals surface area contributed by atoms with E-state index in [1.54, 1.807) is 0 Å². The van der Waals surface area contributed by atoms with Gasteiger partial charge in [0.15, 0.2) is 5.75 Å². The summed E-state index contributed by atoms with van der Waals surface area (Å²) in [5, 5.41) is 2.80. The second-order valence-electron chi connectivity index (χ2n) is 5.82. The molecule has 0 saturated heterocycles. The van der Waals surface area contributed by atoms with Crippen LogP contribution in [0, 0.1) is 11.3 Å². The SMILES string of the molecule is CC(C)CCNC(=O)C[S+]([O-])CC(C)(C)C. The molecule has 0 aliphatic heterocycles. The Bertz CT molecular complexity index is 212. The minimum absolute atomic E-state index is 0.0169. The van der Waals surface area contributed by atoms with E-state index < -0.39 is 11.2 Å². The van der Waals surface area contributed by atoms with Gasteiger partial charge in [0.2, 0.25) is 0 Å². The van der Waals surface area contributed by atoms with E-state index >= 15 is 0 Å². The molecule has 0 aromatic rings. The van der Waals surface area contributed by atoms with Crippen LogP contribution < -0.4 is 5.32 Å². The van der Waals surface area contributed by atoms with Gasteiger partial charge >= 0.3 is 0 Å². The molecule has 0 spiro atoms. The normalized spacial score (nSPS) is 13.9. The van der Waals surface area contributed by atoms with Crippen molar-refractivity contribution in [3.63, 3.8) is 0 Å². The molecule has 4 heteroatoms. The average Bonchev–Trinajstić information content (AvgIpc) is 1.98. The molecule has 0 rings (SSSR count). The van der Waals surface area contributed by atoms with Crippen molar-refractivity contribution in [2.24, 2.45) is 11.3 Å². The molecule has 1 atom stereocenters. The molecule has 1 N–H and O–H groups in total. The van der Waals surface area contributed by atoms with Crippen LogP contribution in [0.3, 0.4) is 0 Å². The summed E-state index contributed by atoms with van der Waals surface area (Å²) in [4.78, 5) is 11.4. The summed E-state index contributed by atoms with van der Waals surface area (Å²) in [5.41, 5.74) is 0.0169. The lowest BCUT2D eigenvalue weighted by Crippen LogP contribution is -2.34. The molecular formula is C12H25NO2S. The van der Waals surface area contributed by atoms with Crippen LogP contribution in [0.25, 0.3) is 0 Å². The predicted molar refractivity (Wildman–Crippen MR) is 69.8 cm³/mol. The van der Waals surface area contributed by atoms with Gasteiger partial charge in [-0.1, -0.05) is 34.6 Å². The van der Waals surface area contributed by atoms with Crippen molar-refractivity contribution in [3.8, 4) is 0 Å². The van der Waals surface area contributed by atoms with Gasteiger partial charge in [-0.25, -0.2) is 0 Å². The van der Waals surface area contributed by atoms with Crippen LogP contribution >= 0.6 is 0 Å². The first kappa shape index (κ1) is 15.8. The number of rotatable bonds is 6. The molecule has 0 saturated carbocycles. The van der Waals surface area contributed by atoms with Crippen molar-refractivity contribution < 1.29 is 9.35 Å². The zero-order valence-corrected chi connectivity index (χ0v) is 11.9. The van der Waals surface area contributed by atoms with Crippen molar-refractivity contribution >= 4 is 17.1 Å². The smallest absolute Gasteiger partial charge is 0.269 e. The number of carbonyl (C=O) groups excluding carboxylic acids is 1. The minimum atomic E-state index is -1.05. The second kappa shape index (κ2) is 7.17. The van der Waals surface area contributed by atoms with Gasteiger partial charge < -0.3 is 9.87 Å². The first-order chi connectivity index (χ1) is 7.20. The molecule has 0 aliphatic carbocycles. The molecule has 16 heavy (non-hydrogen) atoms. The first-order valence-electron chi connectivity index (χ1n) is 5.82. The number of carbonyl (C=O) groups is 1. The summed E-state index contributed by atoms with van der Waals surface area (Å²) in [6.45, 7) is 11.0. The summed E-state index contributed by atoms with van der Waals surface area (Å²) in [5.74, 6) is 1.20. The molecule has 0 heterocycles. The lowest BCUT2D eigenvalue weighted by Gasteiger charge is -2.20. The van der Waals surface area contributed by atoms with Crippen LogP contribution in [0.4, 0.5) is 0 Å². The van der Waals surface area contributed by atoms with Gasteiger partial charge in [-0.2, -0.15) is 0 Å². The molecule has 3 nitrogen and oxygen atoms in total. The van der Waals surface area contributed by atoms with Crippen LogP contribution in [-0.4, -0.2) is 28.5 Å². The van der Waals surface area contributed by atoms with Gasteiger partial charge in [0.1, 0.15) is 5.75 Å². The fraction of sp³-hybridized carbons (Fsp3) is 0.917. The molecule has 96 valence electrons. The Morgan fingerprint density at radius 2 is 1.94 bits per heavy atom. The van der Waals surface area contributed by atoms with E-state index in [9.17, 15) is 9.35 Å². The van der Waals surface area contributed by atoms with Crippen molar-refractivity contribution in [2.75, 3.05) is 18.1 Å². The maximum Gasteiger partial charge on any atom is 0.269 e. The second-order valence-corrected chi connectivity index (χ2v) is 7.28. The summed E-state index contributed by atoms with van der Waals surface area (Å²) in [7, 11) is 0. The standard InChI is InChI=1S/C12H25NO2S/c1-10(2)6-7-13-11(14)8-16(15)9-12(3,4)5/h10H,6-9H2,1-5H3,(H,13,14). The highest BCUT2D eigenvalue weighted by molar-refractivity contribution is 7.92. The number of hydrogen-bond donors (Lipinski definition) is 1. The molecule has 1 amide bonds. The molecule has 0 radical (unpaired) electrons. The Morgan fingerprint density at radius 3 is 2.38 bits per heavy atom. The van der Waals surface area contributed by atoms with Gasteiger partial charge in [0.25, 0.3) is 5.91 Å². The fourth-order valence-electron chi connectivity index (χ4n) is 1.23. The van der Waals surface area contributed by atoms with Crippen molar-refractivity contribution in [1.82, 2.24) is 5.32 Å². The zero-order valence-electron chi connectivity index (χ0n) is 11.1. The zero-order chi connectivity index (χ0) is 12.8. The first-order valence-corrected chi connectivity index (χ1v) is 7.31. The Balaban J connectivity index is 3.71. The lowest BCUT2D eigenvalue weighted by atomic mass is 10.0. The molecule has 1 unspecified atom stereocenters. The summed E-state index contributed by atoms with van der Waals surface area (Å²) >= 11 is -1.05. The summed E-state index contributed by atoms with van der Waals surface area (Å²) < 4.78 is 11.6. The highest BCUT2D eigenvalue weighted by Gasteiger charge is 2.21. The third kappa shape index (κ3) is 10.3. The number of hydrogen-bond acceptors (Lipinski definition) is 2. The molecule has 0 aromatic heterocycles. The molecule has 0 fully saturated rings. The highest BCUT2D eigenvalue weighted by Crippen LogP contribution is 2.16. The van der Waals surface area contributed by atoms with Crippen LogP contribution in [0.1, 0.15) is 41.0 Å². The Kier molecular flexibility index (Phi) is 7.07. The minimum Gasteiger partial charge on any atom is -0.616 e. The van der Waals surface area contributed by atoms with Crippen LogP contribution in [0.2, 0.25) is 0 Å². The van der Waals surface area contributed by atoms with Crippen LogP contribution in [0.5, 0.6) is 0 Å². The van der Waals surface area contributed by atoms with Crippen molar-refractivity contribution in [2.45, 2.75) is 41.0 Å². The van der Waals surface area contributed by atoms with E-state index in [1.165, 1.54) is 0 Å². The lowest BCUT2D eigenvalue weighted by molar-refractivity contribution is -0.118. The van der Waals surface area contributed by atoms with E-state index in [2.05, 4.69) is 19.2 Å². The average molecular weight is 247 g/mol. The third-order valence-corrected chi connectivity index (χ3v) is 3.70. The van der Waals surface area contributed by atoms with E-state index in [0.29, 0.717) is 18.2 Å². The van der Waals surface area contributed by atoms with Crippen molar-refractivity contribution in [1.29, 1.82) is 0 Å². The maximum atomic E-state index is 11.6. The van der Waals surface area contributed by atoms with Crippen LogP contribution in [-0.2, 0) is 16.0 Å². The summed E-state index contributed by atoms with van der Waals surface area (Å²) in [6.07, 6.45) is 0.970. The Labute approximate surface area is 103 Å². The topological polar surface area (TPSA) is 52.2 Å². The summed E-state index contributed by atoms with van der Waals surface area (Å²) in [6, 6.07) is 0. The fourth-order valence-corrected chi connectivity index (χ4v) is 2.69. The molecule has 0 bridgehead atoms. The third-order valence-electron chi connectivity index (χ3n) is 1.93. The van der Waals surface area contributed by atoms with Gasteiger partial charge in [-0.3, -0.25) is 4.79 Å². The van der Waals surface area contributed by atoms with Gasteiger partial charge in [0.05, 0.1) is 0 Å². The maximum absolute atomic E-state index is 11.6. The van der Waals surface area contributed by atoms with Crippen molar-refractivity contribution in [3.05, 3.63) is 0 Å². The van der Waals surface area contributed by atoms with Gasteiger partial charge in [-0.15, -0.1) is 0 Å². The van der Waals surface area contributed by atoms with E-state index in [4.69, 9.17) is 0 Å². The number of nitrogens with one attached hydrogen (secondary N) is 1.